The first kappa shape index (κ1) is 17.4. The molecule has 0 aliphatic carbocycles. The van der Waals surface area contributed by atoms with Crippen molar-refractivity contribution >= 4 is 17.7 Å². The molecule has 0 bridgehead atoms. The number of rotatable bonds is 7. The van der Waals surface area contributed by atoms with Gasteiger partial charge in [-0.3, -0.25) is 4.79 Å². The van der Waals surface area contributed by atoms with Crippen molar-refractivity contribution in [3.63, 3.8) is 0 Å². The highest BCUT2D eigenvalue weighted by Crippen LogP contribution is 2.23. The van der Waals surface area contributed by atoms with Gasteiger partial charge in [0.1, 0.15) is 5.75 Å². The van der Waals surface area contributed by atoms with Crippen molar-refractivity contribution in [1.82, 2.24) is 4.90 Å². The second kappa shape index (κ2) is 8.63. The Balaban J connectivity index is 1.74. The van der Waals surface area contributed by atoms with E-state index in [0.717, 1.165) is 22.6 Å². The molecule has 0 spiro atoms. The zero-order valence-electron chi connectivity index (χ0n) is 13.6. The van der Waals surface area contributed by atoms with Crippen LogP contribution >= 0.6 is 11.8 Å². The van der Waals surface area contributed by atoms with Gasteiger partial charge in [-0.15, -0.1) is 11.8 Å². The van der Waals surface area contributed by atoms with Crippen LogP contribution in [0, 0.1) is 0 Å². The van der Waals surface area contributed by atoms with Crippen molar-refractivity contribution < 1.29 is 9.90 Å². The third kappa shape index (κ3) is 5.32. The standard InChI is InChI=1S/C19H23NO2S/c1-15(16-7-4-3-5-8-16)20(2)19(22)9-6-14-23-18-12-10-17(21)11-13-18/h3-5,7-8,10-13,15,21H,6,9,14H2,1-2H3. The Labute approximate surface area is 142 Å². The van der Waals surface area contributed by atoms with E-state index in [0.29, 0.717) is 6.42 Å². The summed E-state index contributed by atoms with van der Waals surface area (Å²) in [5.74, 6) is 1.35. The van der Waals surface area contributed by atoms with Crippen LogP contribution in [0.15, 0.2) is 59.5 Å². The predicted molar refractivity (Wildman–Crippen MR) is 95.7 cm³/mol. The molecular weight excluding hydrogens is 306 g/mol. The third-order valence-corrected chi connectivity index (χ3v) is 5.00. The third-order valence-electron chi connectivity index (χ3n) is 3.90. The highest BCUT2D eigenvalue weighted by Gasteiger charge is 2.16. The molecule has 0 saturated heterocycles. The summed E-state index contributed by atoms with van der Waals surface area (Å²) in [6.45, 7) is 2.05. The Kier molecular flexibility index (Phi) is 6.53. The molecule has 0 aliphatic rings. The normalized spacial score (nSPS) is 11.9. The number of hydrogen-bond donors (Lipinski definition) is 1. The first-order chi connectivity index (χ1) is 11.1. The van der Waals surface area contributed by atoms with Crippen molar-refractivity contribution in [3.05, 3.63) is 60.2 Å². The molecule has 2 aromatic rings. The van der Waals surface area contributed by atoms with Gasteiger partial charge in [-0.25, -0.2) is 0 Å². The molecule has 0 aromatic heterocycles. The van der Waals surface area contributed by atoms with E-state index in [1.54, 1.807) is 23.9 Å². The minimum Gasteiger partial charge on any atom is -0.508 e. The first-order valence-corrected chi connectivity index (χ1v) is 8.79. The molecule has 1 N–H and O–H groups in total. The van der Waals surface area contributed by atoms with E-state index in [2.05, 4.69) is 19.1 Å². The van der Waals surface area contributed by atoms with Crippen molar-refractivity contribution in [3.8, 4) is 5.75 Å². The molecule has 1 unspecified atom stereocenters. The molecule has 0 saturated carbocycles. The highest BCUT2D eigenvalue weighted by atomic mass is 32.2. The lowest BCUT2D eigenvalue weighted by atomic mass is 10.1. The van der Waals surface area contributed by atoms with E-state index < -0.39 is 0 Å². The Hall–Kier alpha value is -1.94. The average molecular weight is 329 g/mol. The van der Waals surface area contributed by atoms with Gasteiger partial charge in [-0.05, 0) is 48.9 Å². The summed E-state index contributed by atoms with van der Waals surface area (Å²) in [4.78, 5) is 15.2. The molecular formula is C19H23NO2S. The second-order valence-corrected chi connectivity index (χ2v) is 6.71. The molecule has 0 fully saturated rings. The van der Waals surface area contributed by atoms with E-state index in [-0.39, 0.29) is 17.7 Å². The molecule has 3 nitrogen and oxygen atoms in total. The quantitative estimate of drug-likeness (QED) is 0.601. The molecule has 1 amide bonds. The molecule has 2 aromatic carbocycles. The van der Waals surface area contributed by atoms with Crippen LogP contribution in [0.2, 0.25) is 0 Å². The topological polar surface area (TPSA) is 40.5 Å². The number of carbonyl (C=O) groups is 1. The Morgan fingerprint density at radius 1 is 1.13 bits per heavy atom. The number of amides is 1. The van der Waals surface area contributed by atoms with Crippen molar-refractivity contribution in [2.75, 3.05) is 12.8 Å². The smallest absolute Gasteiger partial charge is 0.222 e. The van der Waals surface area contributed by atoms with Crippen LogP contribution in [0.25, 0.3) is 0 Å². The lowest BCUT2D eigenvalue weighted by Gasteiger charge is -2.25. The highest BCUT2D eigenvalue weighted by molar-refractivity contribution is 7.99. The van der Waals surface area contributed by atoms with Crippen molar-refractivity contribution in [2.45, 2.75) is 30.7 Å². The zero-order valence-corrected chi connectivity index (χ0v) is 14.4. The van der Waals surface area contributed by atoms with Gasteiger partial charge in [-0.1, -0.05) is 30.3 Å². The van der Waals surface area contributed by atoms with Gasteiger partial charge in [0, 0.05) is 18.4 Å². The number of carbonyl (C=O) groups excluding carboxylic acids is 1. The summed E-state index contributed by atoms with van der Waals surface area (Å²) in [6.07, 6.45) is 1.40. The number of hydrogen-bond acceptors (Lipinski definition) is 3. The number of benzene rings is 2. The van der Waals surface area contributed by atoms with Crippen molar-refractivity contribution in [2.24, 2.45) is 0 Å². The molecule has 23 heavy (non-hydrogen) atoms. The molecule has 0 heterocycles. The van der Waals surface area contributed by atoms with Crippen LogP contribution in [0.3, 0.4) is 0 Å². The molecule has 2 rings (SSSR count). The number of thioether (sulfide) groups is 1. The van der Waals surface area contributed by atoms with Gasteiger partial charge >= 0.3 is 0 Å². The number of phenolic OH excluding ortho intramolecular Hbond substituents is 1. The molecule has 122 valence electrons. The largest absolute Gasteiger partial charge is 0.508 e. The lowest BCUT2D eigenvalue weighted by molar-refractivity contribution is -0.131. The maximum absolute atomic E-state index is 12.3. The summed E-state index contributed by atoms with van der Waals surface area (Å²) in [6, 6.07) is 17.3. The molecule has 4 heteroatoms. The van der Waals surface area contributed by atoms with E-state index in [9.17, 15) is 9.90 Å². The van der Waals surface area contributed by atoms with Crippen LogP contribution in [-0.4, -0.2) is 28.7 Å². The SMILES string of the molecule is CC(c1ccccc1)N(C)C(=O)CCCSc1ccc(O)cc1. The monoisotopic (exact) mass is 329 g/mol. The van der Waals surface area contributed by atoms with Gasteiger partial charge in [0.2, 0.25) is 5.91 Å². The summed E-state index contributed by atoms with van der Waals surface area (Å²) in [5.41, 5.74) is 1.15. The van der Waals surface area contributed by atoms with E-state index in [1.165, 1.54) is 0 Å². The van der Waals surface area contributed by atoms with Crippen LogP contribution in [0.4, 0.5) is 0 Å². The van der Waals surface area contributed by atoms with Crippen LogP contribution < -0.4 is 0 Å². The summed E-state index contributed by atoms with van der Waals surface area (Å²) < 4.78 is 0. The average Bonchev–Trinajstić information content (AvgIpc) is 2.59. The number of nitrogens with zero attached hydrogens (tertiary/aromatic N) is 1. The minimum atomic E-state index is 0.0912. The Bertz CT molecular complexity index is 613. The first-order valence-electron chi connectivity index (χ1n) is 7.80. The van der Waals surface area contributed by atoms with Gasteiger partial charge in [-0.2, -0.15) is 0 Å². The van der Waals surface area contributed by atoms with E-state index in [4.69, 9.17) is 0 Å². The molecule has 0 aliphatic heterocycles. The Morgan fingerprint density at radius 3 is 2.43 bits per heavy atom. The van der Waals surface area contributed by atoms with Gasteiger partial charge in [0.05, 0.1) is 6.04 Å². The number of aromatic hydroxyl groups is 1. The number of phenols is 1. The molecule has 0 radical (unpaired) electrons. The maximum atomic E-state index is 12.3. The fourth-order valence-electron chi connectivity index (χ4n) is 2.30. The van der Waals surface area contributed by atoms with E-state index in [1.807, 2.05) is 42.3 Å². The summed E-state index contributed by atoms with van der Waals surface area (Å²) >= 11 is 1.71. The summed E-state index contributed by atoms with van der Waals surface area (Å²) in [5, 5.41) is 9.25. The predicted octanol–water partition coefficient (Wildman–Crippen LogP) is 4.48. The minimum absolute atomic E-state index is 0.0912. The molecule has 1 atom stereocenters. The fourth-order valence-corrected chi connectivity index (χ4v) is 3.16. The van der Waals surface area contributed by atoms with Gasteiger partial charge in [0.15, 0.2) is 0 Å². The summed E-state index contributed by atoms with van der Waals surface area (Å²) in [7, 11) is 1.87. The van der Waals surface area contributed by atoms with Crippen molar-refractivity contribution in [1.29, 1.82) is 0 Å². The van der Waals surface area contributed by atoms with Gasteiger partial charge in [0.25, 0.3) is 0 Å². The maximum Gasteiger partial charge on any atom is 0.222 e. The zero-order chi connectivity index (χ0) is 16.7. The van der Waals surface area contributed by atoms with Crippen LogP contribution in [-0.2, 0) is 4.79 Å². The van der Waals surface area contributed by atoms with Crippen LogP contribution in [0.1, 0.15) is 31.4 Å². The van der Waals surface area contributed by atoms with Gasteiger partial charge < -0.3 is 10.0 Å². The van der Waals surface area contributed by atoms with E-state index >= 15 is 0 Å². The second-order valence-electron chi connectivity index (χ2n) is 5.54. The van der Waals surface area contributed by atoms with Crippen LogP contribution in [0.5, 0.6) is 5.75 Å². The Morgan fingerprint density at radius 2 is 1.78 bits per heavy atom. The fraction of sp³-hybridized carbons (Fsp3) is 0.316. The lowest BCUT2D eigenvalue weighted by Crippen LogP contribution is -2.29.